The Kier molecular flexibility index (Phi) is 6.81. The lowest BCUT2D eigenvalue weighted by atomic mass is 10.2. The van der Waals surface area contributed by atoms with Crippen molar-refractivity contribution in [1.29, 1.82) is 0 Å². The number of rotatable bonds is 8. The van der Waals surface area contributed by atoms with E-state index in [9.17, 15) is 22.4 Å². The highest BCUT2D eigenvalue weighted by molar-refractivity contribution is 7.92. The van der Waals surface area contributed by atoms with Crippen molar-refractivity contribution in [2.75, 3.05) is 10.0 Å². The zero-order valence-corrected chi connectivity index (χ0v) is 17.5. The zero-order valence-electron chi connectivity index (χ0n) is 16.7. The Morgan fingerprint density at radius 2 is 1.65 bits per heavy atom. The van der Waals surface area contributed by atoms with Crippen molar-refractivity contribution >= 4 is 27.3 Å². The van der Waals surface area contributed by atoms with E-state index in [2.05, 4.69) is 15.1 Å². The maximum Gasteiger partial charge on any atom is 0.276 e. The van der Waals surface area contributed by atoms with E-state index < -0.39 is 21.7 Å². The van der Waals surface area contributed by atoms with E-state index in [4.69, 9.17) is 0 Å². The van der Waals surface area contributed by atoms with Gasteiger partial charge in [0.25, 0.3) is 21.5 Å². The predicted molar refractivity (Wildman–Crippen MR) is 115 cm³/mol. The summed E-state index contributed by atoms with van der Waals surface area (Å²) in [4.78, 5) is 24.2. The standard InChI is InChI=1S/C21H21FN4O4S/c1-2-3-14-26-20(27)13-12-19(24-26)21(28)23-16-6-8-17(9-7-16)25-31(29,30)18-10-4-15(22)5-11-18/h4-13,25H,2-3,14H2,1H3,(H,23,28). The number of hydrogen-bond acceptors (Lipinski definition) is 5. The van der Waals surface area contributed by atoms with Crippen molar-refractivity contribution in [1.82, 2.24) is 9.78 Å². The molecule has 31 heavy (non-hydrogen) atoms. The first kappa shape index (κ1) is 22.2. The minimum atomic E-state index is -3.87. The van der Waals surface area contributed by atoms with Crippen molar-refractivity contribution < 1.29 is 17.6 Å². The van der Waals surface area contributed by atoms with Gasteiger partial charge in [-0.25, -0.2) is 17.5 Å². The number of aryl methyl sites for hydroxylation is 1. The van der Waals surface area contributed by atoms with Crippen LogP contribution in [0.2, 0.25) is 0 Å². The molecule has 0 atom stereocenters. The number of anilines is 2. The fourth-order valence-electron chi connectivity index (χ4n) is 2.68. The summed E-state index contributed by atoms with van der Waals surface area (Å²) in [6.07, 6.45) is 1.66. The number of unbranched alkanes of at least 4 members (excludes halogenated alkanes) is 1. The topological polar surface area (TPSA) is 110 Å². The van der Waals surface area contributed by atoms with Gasteiger partial charge in [-0.2, -0.15) is 5.10 Å². The lowest BCUT2D eigenvalue weighted by molar-refractivity contribution is 0.101. The number of carbonyl (C=O) groups excluding carboxylic acids is 1. The number of amides is 1. The molecule has 1 amide bonds. The smallest absolute Gasteiger partial charge is 0.276 e. The summed E-state index contributed by atoms with van der Waals surface area (Å²) in [5.41, 5.74) is 0.510. The highest BCUT2D eigenvalue weighted by atomic mass is 32.2. The van der Waals surface area contributed by atoms with Crippen molar-refractivity contribution in [3.05, 3.63) is 82.5 Å². The van der Waals surface area contributed by atoms with E-state index in [1.54, 1.807) is 0 Å². The molecule has 0 fully saturated rings. The maximum absolute atomic E-state index is 13.0. The molecule has 0 bridgehead atoms. The van der Waals surface area contributed by atoms with Crippen LogP contribution in [0.1, 0.15) is 30.3 Å². The van der Waals surface area contributed by atoms with Gasteiger partial charge in [-0.1, -0.05) is 13.3 Å². The molecule has 0 spiro atoms. The predicted octanol–water partition coefficient (Wildman–Crippen LogP) is 3.24. The largest absolute Gasteiger partial charge is 0.321 e. The Balaban J connectivity index is 1.68. The molecule has 1 aromatic heterocycles. The number of sulfonamides is 1. The number of aromatic nitrogens is 2. The van der Waals surface area contributed by atoms with Gasteiger partial charge in [0, 0.05) is 24.0 Å². The second-order valence-electron chi connectivity index (χ2n) is 6.72. The fourth-order valence-corrected chi connectivity index (χ4v) is 3.74. The van der Waals surface area contributed by atoms with Crippen LogP contribution < -0.4 is 15.6 Å². The molecule has 10 heteroatoms. The lowest BCUT2D eigenvalue weighted by Gasteiger charge is -2.10. The number of hydrogen-bond donors (Lipinski definition) is 2. The molecule has 0 saturated carbocycles. The van der Waals surface area contributed by atoms with Crippen LogP contribution in [0.4, 0.5) is 15.8 Å². The second-order valence-corrected chi connectivity index (χ2v) is 8.41. The molecule has 8 nitrogen and oxygen atoms in total. The molecule has 3 rings (SSSR count). The van der Waals surface area contributed by atoms with E-state index in [1.807, 2.05) is 6.92 Å². The van der Waals surface area contributed by atoms with Crippen LogP contribution in [-0.2, 0) is 16.6 Å². The Morgan fingerprint density at radius 3 is 2.29 bits per heavy atom. The van der Waals surface area contributed by atoms with E-state index in [1.165, 1.54) is 53.2 Å². The van der Waals surface area contributed by atoms with E-state index >= 15 is 0 Å². The first-order valence-corrected chi connectivity index (χ1v) is 11.0. The highest BCUT2D eigenvalue weighted by Gasteiger charge is 2.15. The first-order valence-electron chi connectivity index (χ1n) is 9.56. The minimum Gasteiger partial charge on any atom is -0.321 e. The monoisotopic (exact) mass is 444 g/mol. The fraction of sp³-hybridized carbons (Fsp3) is 0.190. The molecule has 0 aliphatic rings. The summed E-state index contributed by atoms with van der Waals surface area (Å²) >= 11 is 0. The Hall–Kier alpha value is -3.53. The summed E-state index contributed by atoms with van der Waals surface area (Å²) in [5.74, 6) is -1.03. The SMILES string of the molecule is CCCCn1nc(C(=O)Nc2ccc(NS(=O)(=O)c3ccc(F)cc3)cc2)ccc1=O. The van der Waals surface area contributed by atoms with Gasteiger partial charge in [0.2, 0.25) is 0 Å². The maximum atomic E-state index is 13.0. The van der Waals surface area contributed by atoms with Crippen molar-refractivity contribution in [2.24, 2.45) is 0 Å². The van der Waals surface area contributed by atoms with Crippen LogP contribution in [0.3, 0.4) is 0 Å². The Bertz CT molecular complexity index is 1220. The quantitative estimate of drug-likeness (QED) is 0.554. The molecule has 2 aromatic carbocycles. The van der Waals surface area contributed by atoms with Gasteiger partial charge in [0.1, 0.15) is 11.5 Å². The molecule has 162 valence electrons. The van der Waals surface area contributed by atoms with Gasteiger partial charge in [0.15, 0.2) is 0 Å². The molecule has 0 aliphatic heterocycles. The van der Waals surface area contributed by atoms with Gasteiger partial charge < -0.3 is 5.32 Å². The second kappa shape index (κ2) is 9.52. The highest BCUT2D eigenvalue weighted by Crippen LogP contribution is 2.19. The van der Waals surface area contributed by atoms with E-state index in [0.717, 1.165) is 25.0 Å². The summed E-state index contributed by atoms with van der Waals surface area (Å²) in [7, 11) is -3.87. The van der Waals surface area contributed by atoms with Crippen LogP contribution >= 0.6 is 0 Å². The molecule has 1 heterocycles. The molecule has 0 unspecified atom stereocenters. The molecule has 3 aromatic rings. The average Bonchev–Trinajstić information content (AvgIpc) is 2.74. The normalized spacial score (nSPS) is 11.2. The van der Waals surface area contributed by atoms with E-state index in [-0.39, 0.29) is 21.8 Å². The van der Waals surface area contributed by atoms with Crippen molar-refractivity contribution in [2.45, 2.75) is 31.2 Å². The summed E-state index contributed by atoms with van der Waals surface area (Å²) < 4.78 is 41.4. The minimum absolute atomic E-state index is 0.0736. The van der Waals surface area contributed by atoms with Crippen LogP contribution in [0.15, 0.2) is 70.4 Å². The lowest BCUT2D eigenvalue weighted by Crippen LogP contribution is -2.26. The number of nitrogens with one attached hydrogen (secondary N) is 2. The van der Waals surface area contributed by atoms with Crippen molar-refractivity contribution in [3.63, 3.8) is 0 Å². The van der Waals surface area contributed by atoms with Gasteiger partial charge in [-0.3, -0.25) is 14.3 Å². The van der Waals surface area contributed by atoms with Gasteiger partial charge in [0.05, 0.1) is 4.90 Å². The van der Waals surface area contributed by atoms with Crippen LogP contribution in [0.25, 0.3) is 0 Å². The molecule has 2 N–H and O–H groups in total. The number of carbonyl (C=O) groups is 1. The number of nitrogens with zero attached hydrogens (tertiary/aromatic N) is 2. The average molecular weight is 444 g/mol. The summed E-state index contributed by atoms with van der Waals surface area (Å²) in [6.45, 7) is 2.42. The van der Waals surface area contributed by atoms with Gasteiger partial charge >= 0.3 is 0 Å². The van der Waals surface area contributed by atoms with Gasteiger partial charge in [-0.05, 0) is 61.0 Å². The Labute approximate surface area is 178 Å². The van der Waals surface area contributed by atoms with Crippen LogP contribution in [0.5, 0.6) is 0 Å². The first-order chi connectivity index (χ1) is 14.8. The molecule has 0 radical (unpaired) electrons. The third kappa shape index (κ3) is 5.76. The zero-order chi connectivity index (χ0) is 22.4. The summed E-state index contributed by atoms with van der Waals surface area (Å²) in [5, 5.41) is 6.74. The van der Waals surface area contributed by atoms with Crippen LogP contribution in [0, 0.1) is 5.82 Å². The van der Waals surface area contributed by atoms with E-state index in [0.29, 0.717) is 12.2 Å². The molecular formula is C21H21FN4O4S. The molecular weight excluding hydrogens is 423 g/mol. The third-order valence-electron chi connectivity index (χ3n) is 4.34. The number of benzene rings is 2. The number of halogens is 1. The van der Waals surface area contributed by atoms with Gasteiger partial charge in [-0.15, -0.1) is 0 Å². The Morgan fingerprint density at radius 1 is 1.00 bits per heavy atom. The molecule has 0 saturated heterocycles. The van der Waals surface area contributed by atoms with Crippen LogP contribution in [-0.4, -0.2) is 24.1 Å². The molecule has 0 aliphatic carbocycles. The third-order valence-corrected chi connectivity index (χ3v) is 5.74. The summed E-state index contributed by atoms with van der Waals surface area (Å²) in [6, 6.07) is 13.1. The van der Waals surface area contributed by atoms with Crippen molar-refractivity contribution in [3.8, 4) is 0 Å².